The number of carboxylic acids is 1. The number of carbonyl (C=O) groups is 1. The lowest BCUT2D eigenvalue weighted by molar-refractivity contribution is 0.0697. The molecule has 3 aromatic rings. The van der Waals surface area contributed by atoms with Crippen LogP contribution in [0.25, 0.3) is 11.3 Å². The Balaban J connectivity index is 1.68. The molecule has 2 N–H and O–H groups in total. The molecule has 158 valence electrons. The van der Waals surface area contributed by atoms with E-state index in [0.29, 0.717) is 5.92 Å². The van der Waals surface area contributed by atoms with E-state index in [0.717, 1.165) is 52.6 Å². The van der Waals surface area contributed by atoms with E-state index in [1.54, 1.807) is 12.1 Å². The van der Waals surface area contributed by atoms with Gasteiger partial charge in [-0.1, -0.05) is 24.4 Å². The van der Waals surface area contributed by atoms with E-state index in [4.69, 9.17) is 14.0 Å². The van der Waals surface area contributed by atoms with Gasteiger partial charge in [-0.15, -0.1) is 0 Å². The van der Waals surface area contributed by atoms with Gasteiger partial charge in [-0.05, 0) is 69.9 Å². The molecule has 0 spiro atoms. The van der Waals surface area contributed by atoms with E-state index in [1.165, 1.54) is 19.3 Å². The predicted octanol–water partition coefficient (Wildman–Crippen LogP) is 6.29. The summed E-state index contributed by atoms with van der Waals surface area (Å²) in [6.45, 7) is 5.82. The topological polar surface area (TPSA) is 88.5 Å². The minimum Gasteiger partial charge on any atom is -0.478 e. The average molecular weight is 408 g/mol. The van der Waals surface area contributed by atoms with Gasteiger partial charge in [-0.25, -0.2) is 4.79 Å². The molecule has 1 atom stereocenters. The highest BCUT2D eigenvalue weighted by molar-refractivity contribution is 5.88. The second kappa shape index (κ2) is 8.38. The minimum absolute atomic E-state index is 0.0963. The molecular formula is C24H28N2O4. The Bertz CT molecular complexity index is 1010. The molecule has 30 heavy (non-hydrogen) atoms. The van der Waals surface area contributed by atoms with Crippen LogP contribution >= 0.6 is 0 Å². The third-order valence-electron chi connectivity index (χ3n) is 6.15. The molecule has 0 bridgehead atoms. The number of benzene rings is 1. The number of aromatic nitrogens is 1. The van der Waals surface area contributed by atoms with E-state index in [2.05, 4.69) is 16.5 Å². The fourth-order valence-corrected chi connectivity index (χ4v) is 4.57. The highest BCUT2D eigenvalue weighted by Crippen LogP contribution is 2.41. The van der Waals surface area contributed by atoms with Crippen LogP contribution in [-0.2, 0) is 0 Å². The van der Waals surface area contributed by atoms with Crippen LogP contribution in [0.2, 0.25) is 0 Å². The summed E-state index contributed by atoms with van der Waals surface area (Å²) >= 11 is 0. The van der Waals surface area contributed by atoms with Gasteiger partial charge in [0.1, 0.15) is 17.3 Å². The Kier molecular flexibility index (Phi) is 5.66. The van der Waals surface area contributed by atoms with Gasteiger partial charge in [-0.2, -0.15) is 0 Å². The number of aryl methyl sites for hydroxylation is 3. The van der Waals surface area contributed by atoms with Crippen LogP contribution in [0.1, 0.15) is 71.3 Å². The molecule has 6 nitrogen and oxygen atoms in total. The van der Waals surface area contributed by atoms with Crippen LogP contribution < -0.4 is 5.32 Å². The SMILES string of the molecule is Cc1noc(C)c1-c1cc(C(Nc2ccc(C(=O)O)cc2)C2CCCCC2)c(C)o1. The Hall–Kier alpha value is -3.02. The Labute approximate surface area is 176 Å². The molecule has 0 amide bonds. The molecule has 1 aliphatic rings. The van der Waals surface area contributed by atoms with Gasteiger partial charge in [-0.3, -0.25) is 0 Å². The van der Waals surface area contributed by atoms with Gasteiger partial charge in [0.2, 0.25) is 0 Å². The van der Waals surface area contributed by atoms with Gasteiger partial charge in [0.25, 0.3) is 0 Å². The van der Waals surface area contributed by atoms with Crippen molar-refractivity contribution in [1.29, 1.82) is 0 Å². The van der Waals surface area contributed by atoms with Crippen LogP contribution in [0.5, 0.6) is 0 Å². The first-order chi connectivity index (χ1) is 14.4. The van der Waals surface area contributed by atoms with Crippen molar-refractivity contribution in [2.24, 2.45) is 5.92 Å². The summed E-state index contributed by atoms with van der Waals surface area (Å²) in [5.41, 5.74) is 4.07. The maximum Gasteiger partial charge on any atom is 0.335 e. The van der Waals surface area contributed by atoms with E-state index >= 15 is 0 Å². The minimum atomic E-state index is -0.917. The molecule has 0 aliphatic heterocycles. The van der Waals surface area contributed by atoms with E-state index < -0.39 is 5.97 Å². The van der Waals surface area contributed by atoms with Crippen molar-refractivity contribution in [1.82, 2.24) is 5.16 Å². The zero-order valence-electron chi connectivity index (χ0n) is 17.7. The van der Waals surface area contributed by atoms with Crippen LogP contribution in [0.3, 0.4) is 0 Å². The molecule has 1 aliphatic carbocycles. The maximum absolute atomic E-state index is 11.2. The van der Waals surface area contributed by atoms with Gasteiger partial charge in [0.15, 0.2) is 0 Å². The molecule has 2 heterocycles. The van der Waals surface area contributed by atoms with Gasteiger partial charge < -0.3 is 19.4 Å². The van der Waals surface area contributed by atoms with Crippen molar-refractivity contribution >= 4 is 11.7 Å². The quantitative estimate of drug-likeness (QED) is 0.498. The second-order valence-electron chi connectivity index (χ2n) is 8.22. The first-order valence-electron chi connectivity index (χ1n) is 10.6. The summed E-state index contributed by atoms with van der Waals surface area (Å²) in [6.07, 6.45) is 6.07. The summed E-state index contributed by atoms with van der Waals surface area (Å²) in [6, 6.07) is 9.16. The van der Waals surface area contributed by atoms with Crippen molar-refractivity contribution in [3.63, 3.8) is 0 Å². The fourth-order valence-electron chi connectivity index (χ4n) is 4.57. The van der Waals surface area contributed by atoms with Crippen molar-refractivity contribution in [2.75, 3.05) is 5.32 Å². The smallest absolute Gasteiger partial charge is 0.335 e. The molecule has 0 radical (unpaired) electrons. The van der Waals surface area contributed by atoms with Crippen molar-refractivity contribution in [3.8, 4) is 11.3 Å². The largest absolute Gasteiger partial charge is 0.478 e. The lowest BCUT2D eigenvalue weighted by Crippen LogP contribution is -2.23. The molecule has 1 saturated carbocycles. The number of anilines is 1. The molecule has 4 rings (SSSR count). The maximum atomic E-state index is 11.2. The normalized spacial score (nSPS) is 15.8. The summed E-state index contributed by atoms with van der Waals surface area (Å²) in [7, 11) is 0. The van der Waals surface area contributed by atoms with Crippen LogP contribution in [0, 0.1) is 26.7 Å². The summed E-state index contributed by atoms with van der Waals surface area (Å²) in [5, 5.41) is 16.9. The zero-order chi connectivity index (χ0) is 21.3. The number of furan rings is 1. The van der Waals surface area contributed by atoms with Gasteiger partial charge in [0, 0.05) is 11.3 Å². The predicted molar refractivity (Wildman–Crippen MR) is 115 cm³/mol. The number of rotatable bonds is 6. The number of carboxylic acid groups (broad SMARTS) is 1. The monoisotopic (exact) mass is 408 g/mol. The third kappa shape index (κ3) is 3.99. The Morgan fingerprint density at radius 3 is 2.40 bits per heavy atom. The zero-order valence-corrected chi connectivity index (χ0v) is 17.7. The molecule has 1 aromatic carbocycles. The van der Waals surface area contributed by atoms with E-state index in [9.17, 15) is 4.79 Å². The van der Waals surface area contributed by atoms with Crippen LogP contribution in [-0.4, -0.2) is 16.2 Å². The Morgan fingerprint density at radius 1 is 1.10 bits per heavy atom. The molecule has 0 saturated heterocycles. The lowest BCUT2D eigenvalue weighted by atomic mass is 9.81. The first kappa shape index (κ1) is 20.3. The lowest BCUT2D eigenvalue weighted by Gasteiger charge is -2.31. The highest BCUT2D eigenvalue weighted by Gasteiger charge is 2.29. The van der Waals surface area contributed by atoms with E-state index in [1.807, 2.05) is 32.9 Å². The summed E-state index contributed by atoms with van der Waals surface area (Å²) in [5.74, 6) is 1.99. The number of nitrogens with zero attached hydrogens (tertiary/aromatic N) is 1. The third-order valence-corrected chi connectivity index (χ3v) is 6.15. The second-order valence-corrected chi connectivity index (χ2v) is 8.22. The number of hydrogen-bond donors (Lipinski definition) is 2. The van der Waals surface area contributed by atoms with Gasteiger partial charge in [0.05, 0.1) is 22.9 Å². The molecule has 6 heteroatoms. The van der Waals surface area contributed by atoms with Gasteiger partial charge >= 0.3 is 5.97 Å². The fraction of sp³-hybridized carbons (Fsp3) is 0.417. The van der Waals surface area contributed by atoms with E-state index in [-0.39, 0.29) is 11.6 Å². The number of hydrogen-bond acceptors (Lipinski definition) is 5. The highest BCUT2D eigenvalue weighted by atomic mass is 16.5. The van der Waals surface area contributed by atoms with Crippen LogP contribution in [0.4, 0.5) is 5.69 Å². The van der Waals surface area contributed by atoms with Crippen molar-refractivity contribution in [3.05, 3.63) is 58.7 Å². The van der Waals surface area contributed by atoms with Crippen molar-refractivity contribution in [2.45, 2.75) is 58.9 Å². The summed E-state index contributed by atoms with van der Waals surface area (Å²) < 4.78 is 11.5. The standard InChI is InChI=1S/C24H28N2O4/c1-14-22(16(3)30-26-14)21-13-20(15(2)29-21)23(17-7-5-4-6-8-17)25-19-11-9-18(10-12-19)24(27)28/h9-13,17,23,25H,4-8H2,1-3H3,(H,27,28). The summed E-state index contributed by atoms with van der Waals surface area (Å²) in [4.78, 5) is 11.2. The Morgan fingerprint density at radius 2 is 1.80 bits per heavy atom. The average Bonchev–Trinajstić information content (AvgIpc) is 3.28. The first-order valence-corrected chi connectivity index (χ1v) is 10.6. The van der Waals surface area contributed by atoms with Crippen molar-refractivity contribution < 1.29 is 18.8 Å². The molecular weight excluding hydrogens is 380 g/mol. The molecule has 1 fully saturated rings. The van der Waals surface area contributed by atoms with Crippen LogP contribution in [0.15, 0.2) is 39.3 Å². The molecule has 1 unspecified atom stereocenters. The molecule has 2 aromatic heterocycles. The number of nitrogens with one attached hydrogen (secondary N) is 1. The number of aromatic carboxylic acids is 1.